The third-order valence-electron chi connectivity index (χ3n) is 7.36. The zero-order chi connectivity index (χ0) is 27.2. The highest BCUT2D eigenvalue weighted by molar-refractivity contribution is 7.82. The summed E-state index contributed by atoms with van der Waals surface area (Å²) < 4.78 is 30.0. The van der Waals surface area contributed by atoms with Gasteiger partial charge >= 0.3 is 0 Å². The summed E-state index contributed by atoms with van der Waals surface area (Å²) >= 11 is 6.05. The molecule has 0 aliphatic carbocycles. The molecule has 9 heteroatoms. The fourth-order valence-corrected chi connectivity index (χ4v) is 6.80. The summed E-state index contributed by atoms with van der Waals surface area (Å²) in [6, 6.07) is 11.2. The normalized spacial score (nSPS) is 24.8. The largest absolute Gasteiger partial charge is 0.324 e. The smallest absolute Gasteiger partial charge is 0.241 e. The Morgan fingerprint density at radius 1 is 1.29 bits per heavy atom. The van der Waals surface area contributed by atoms with E-state index in [-0.39, 0.29) is 35.6 Å². The van der Waals surface area contributed by atoms with Crippen LogP contribution >= 0.6 is 11.6 Å². The third-order valence-corrected chi connectivity index (χ3v) is 9.20. The molecule has 4 N–H and O–H groups in total. The number of carbonyl (C=O) groups excluding carboxylic acids is 1. The molecule has 0 radical (unpaired) electrons. The summed E-state index contributed by atoms with van der Waals surface area (Å²) in [6.45, 7) is 5.10. The van der Waals surface area contributed by atoms with Crippen molar-refractivity contribution in [3.63, 3.8) is 0 Å². The standard InChI is InChI=1S/C29H36ClFN4O2S/c1-19(2)27(20-10-12-21(30)13-11-20)28(32)29(36)34-26-9-3-8-25(31)24(26)15-14-23-18-33-22-6-4-16-35(23)38(37)17-5-7-22/h3,8-13,19,22-23,27-28,33H,5,7,14-18,32H2,1-2H3,(H,34,36)/t22?,23?,27?,28-,38?/m0/s1. The zero-order valence-corrected chi connectivity index (χ0v) is 23.5. The van der Waals surface area contributed by atoms with Crippen LogP contribution in [0.5, 0.6) is 0 Å². The van der Waals surface area contributed by atoms with Gasteiger partial charge in [-0.25, -0.2) is 12.9 Å². The highest BCUT2D eigenvalue weighted by Crippen LogP contribution is 2.30. The van der Waals surface area contributed by atoms with Gasteiger partial charge in [0, 0.05) is 40.5 Å². The second kappa shape index (κ2) is 13.2. The first-order valence-corrected chi connectivity index (χ1v) is 14.9. The van der Waals surface area contributed by atoms with E-state index in [9.17, 15) is 9.00 Å². The van der Waals surface area contributed by atoms with Gasteiger partial charge in [-0.15, -0.1) is 0 Å². The van der Waals surface area contributed by atoms with Gasteiger partial charge in [0.25, 0.3) is 0 Å². The van der Waals surface area contributed by atoms with Crippen molar-refractivity contribution in [2.24, 2.45) is 11.7 Å². The van der Waals surface area contributed by atoms with Crippen LogP contribution < -0.4 is 16.4 Å². The molecule has 3 heterocycles. The van der Waals surface area contributed by atoms with Gasteiger partial charge < -0.3 is 16.4 Å². The van der Waals surface area contributed by atoms with Gasteiger partial charge in [0.05, 0.1) is 29.6 Å². The van der Waals surface area contributed by atoms with Crippen LogP contribution in [0.15, 0.2) is 42.5 Å². The summed E-state index contributed by atoms with van der Waals surface area (Å²) in [5.41, 5.74) is 8.24. The van der Waals surface area contributed by atoms with Crippen molar-refractivity contribution in [2.75, 3.05) is 24.2 Å². The lowest BCUT2D eigenvalue weighted by atomic mass is 9.82. The van der Waals surface area contributed by atoms with Gasteiger partial charge in [-0.1, -0.05) is 55.5 Å². The number of anilines is 1. The summed E-state index contributed by atoms with van der Waals surface area (Å²) in [5, 5.41) is 6.99. The summed E-state index contributed by atoms with van der Waals surface area (Å²) in [5.74, 6) is 6.08. The molecule has 1 saturated heterocycles. The number of nitrogens with zero attached hydrogens (tertiary/aromatic N) is 1. The maximum Gasteiger partial charge on any atom is 0.241 e. The molecule has 1 fully saturated rings. The lowest BCUT2D eigenvalue weighted by molar-refractivity contribution is -0.118. The molecular weight excluding hydrogens is 523 g/mol. The SMILES string of the molecule is CC(C)C(c1ccc(Cl)cc1)[C@H](N)C(=O)Nc1cccc(F)c1CCC1CNC2C#CCN1S(=O)CCC2. The summed E-state index contributed by atoms with van der Waals surface area (Å²) in [6.07, 6.45) is 2.67. The van der Waals surface area contributed by atoms with E-state index in [1.165, 1.54) is 6.07 Å². The molecule has 5 rings (SSSR count). The average molecular weight is 559 g/mol. The number of carbonyl (C=O) groups is 1. The van der Waals surface area contributed by atoms with E-state index in [1.54, 1.807) is 24.3 Å². The first kappa shape index (κ1) is 28.7. The topological polar surface area (TPSA) is 87.5 Å². The minimum Gasteiger partial charge on any atom is -0.324 e. The molecule has 0 aromatic heterocycles. The van der Waals surface area contributed by atoms with Crippen molar-refractivity contribution in [1.82, 2.24) is 9.62 Å². The molecule has 0 saturated carbocycles. The molecule has 3 aliphatic rings. The van der Waals surface area contributed by atoms with Crippen molar-refractivity contribution >= 4 is 34.2 Å². The van der Waals surface area contributed by atoms with Crippen LogP contribution in [0.3, 0.4) is 0 Å². The molecule has 6 nitrogen and oxygen atoms in total. The molecule has 2 aromatic carbocycles. The number of benzene rings is 2. The molecule has 204 valence electrons. The van der Waals surface area contributed by atoms with E-state index in [1.807, 2.05) is 30.3 Å². The molecule has 6 atom stereocenters. The molecule has 0 spiro atoms. The predicted octanol–water partition coefficient (Wildman–Crippen LogP) is 4.22. The minimum absolute atomic E-state index is 0.0633. The van der Waals surface area contributed by atoms with Crippen molar-refractivity contribution < 1.29 is 13.4 Å². The minimum atomic E-state index is -1.13. The van der Waals surface area contributed by atoms with Crippen molar-refractivity contribution in [3.05, 3.63) is 64.4 Å². The summed E-state index contributed by atoms with van der Waals surface area (Å²) in [7, 11) is -1.13. The fourth-order valence-electron chi connectivity index (χ4n) is 5.31. The first-order chi connectivity index (χ1) is 18.2. The predicted molar refractivity (Wildman–Crippen MR) is 153 cm³/mol. The van der Waals surface area contributed by atoms with E-state index in [0.717, 1.165) is 18.4 Å². The molecule has 38 heavy (non-hydrogen) atoms. The Morgan fingerprint density at radius 3 is 2.79 bits per heavy atom. The fraction of sp³-hybridized carbons (Fsp3) is 0.483. The number of hydrogen-bond acceptors (Lipinski definition) is 4. The third kappa shape index (κ3) is 7.02. The number of hydrogen-bond donors (Lipinski definition) is 3. The highest BCUT2D eigenvalue weighted by Gasteiger charge is 2.30. The molecule has 2 aromatic rings. The number of fused-ring (bicyclic) bond motifs is 6. The van der Waals surface area contributed by atoms with Crippen LogP contribution in [0.25, 0.3) is 0 Å². The van der Waals surface area contributed by atoms with Crippen LogP contribution in [-0.2, 0) is 22.2 Å². The van der Waals surface area contributed by atoms with E-state index in [0.29, 0.717) is 48.0 Å². The number of amides is 1. The van der Waals surface area contributed by atoms with Gasteiger partial charge in [0.15, 0.2) is 0 Å². The number of nitrogens with one attached hydrogen (secondary N) is 2. The second-order valence-corrected chi connectivity index (χ2v) is 12.3. The highest BCUT2D eigenvalue weighted by atomic mass is 35.5. The average Bonchev–Trinajstić information content (AvgIpc) is 3.00. The van der Waals surface area contributed by atoms with Gasteiger partial charge in [-0.3, -0.25) is 4.79 Å². The van der Waals surface area contributed by atoms with Crippen LogP contribution in [0.2, 0.25) is 5.02 Å². The first-order valence-electron chi connectivity index (χ1n) is 13.2. The summed E-state index contributed by atoms with van der Waals surface area (Å²) in [4.78, 5) is 13.3. The van der Waals surface area contributed by atoms with E-state index >= 15 is 4.39 Å². The van der Waals surface area contributed by atoms with Crippen LogP contribution in [0, 0.1) is 23.6 Å². The Kier molecular flexibility index (Phi) is 9.97. The number of nitrogens with two attached hydrogens (primary N) is 1. The quantitative estimate of drug-likeness (QED) is 0.423. The van der Waals surface area contributed by atoms with E-state index in [2.05, 4.69) is 22.5 Å². The monoisotopic (exact) mass is 558 g/mol. The van der Waals surface area contributed by atoms with Gasteiger partial charge in [0.2, 0.25) is 5.91 Å². The number of halogens is 2. The van der Waals surface area contributed by atoms with Gasteiger partial charge in [-0.2, -0.15) is 0 Å². The van der Waals surface area contributed by atoms with E-state index in [4.69, 9.17) is 17.3 Å². The maximum absolute atomic E-state index is 15.1. The Hall–Kier alpha value is -2.28. The molecule has 1 amide bonds. The Balaban J connectivity index is 1.50. The lowest BCUT2D eigenvalue weighted by Gasteiger charge is -2.30. The van der Waals surface area contributed by atoms with Crippen LogP contribution in [-0.4, -0.2) is 51.4 Å². The molecule has 2 bridgehead atoms. The lowest BCUT2D eigenvalue weighted by Crippen LogP contribution is -2.46. The van der Waals surface area contributed by atoms with Crippen LogP contribution in [0.4, 0.5) is 10.1 Å². The van der Waals surface area contributed by atoms with E-state index < -0.39 is 17.0 Å². The van der Waals surface area contributed by atoms with Crippen molar-refractivity contribution in [3.8, 4) is 11.8 Å². The van der Waals surface area contributed by atoms with Crippen molar-refractivity contribution in [2.45, 2.75) is 63.6 Å². The maximum atomic E-state index is 15.1. The van der Waals surface area contributed by atoms with Crippen LogP contribution in [0.1, 0.15) is 50.2 Å². The Labute approximate surface area is 232 Å². The van der Waals surface area contributed by atoms with Gasteiger partial charge in [-0.05, 0) is 61.4 Å². The van der Waals surface area contributed by atoms with Crippen molar-refractivity contribution in [1.29, 1.82) is 0 Å². The molecule has 3 aliphatic heterocycles. The van der Waals surface area contributed by atoms with Gasteiger partial charge in [0.1, 0.15) is 5.82 Å². The molecular formula is C29H36ClFN4O2S. The number of rotatable bonds is 8. The zero-order valence-electron chi connectivity index (χ0n) is 21.9. The Bertz CT molecular complexity index is 1210. The second-order valence-electron chi connectivity index (χ2n) is 10.3. The Morgan fingerprint density at radius 2 is 2.05 bits per heavy atom. The molecule has 5 unspecified atom stereocenters.